The lowest BCUT2D eigenvalue weighted by Crippen LogP contribution is -2.34. The molecule has 0 unspecified atom stereocenters. The fourth-order valence-corrected chi connectivity index (χ4v) is 2.35. The third-order valence-corrected chi connectivity index (χ3v) is 3.21. The predicted octanol–water partition coefficient (Wildman–Crippen LogP) is 1.14. The van der Waals surface area contributed by atoms with E-state index in [-0.39, 0.29) is 5.91 Å². The van der Waals surface area contributed by atoms with Gasteiger partial charge in [0, 0.05) is 18.5 Å². The highest BCUT2D eigenvalue weighted by atomic mass is 32.1. The molecule has 1 amide bonds. The molecule has 1 atom stereocenters. The lowest BCUT2D eigenvalue weighted by atomic mass is 10.2. The molecule has 1 heterocycles. The highest BCUT2D eigenvalue weighted by molar-refractivity contribution is 7.11. The van der Waals surface area contributed by atoms with Gasteiger partial charge in [0.1, 0.15) is 0 Å². The topological polar surface area (TPSA) is 53.4 Å². The second-order valence-electron chi connectivity index (χ2n) is 4.04. The second kappa shape index (κ2) is 5.41. The van der Waals surface area contributed by atoms with Gasteiger partial charge in [-0.25, -0.2) is 4.98 Å². The lowest BCUT2D eigenvalue weighted by Gasteiger charge is -2.18. The molecular formula is C11H18N2O2S. The molecule has 1 aromatic heterocycles. The summed E-state index contributed by atoms with van der Waals surface area (Å²) < 4.78 is 0. The van der Waals surface area contributed by atoms with E-state index in [1.807, 2.05) is 13.8 Å². The highest BCUT2D eigenvalue weighted by Gasteiger charge is 2.15. The van der Waals surface area contributed by atoms with Crippen LogP contribution in [0.5, 0.6) is 0 Å². The van der Waals surface area contributed by atoms with Crippen LogP contribution in [0.4, 0.5) is 0 Å². The van der Waals surface area contributed by atoms with Crippen LogP contribution < -0.4 is 0 Å². The first-order valence-electron chi connectivity index (χ1n) is 5.25. The smallest absolute Gasteiger partial charge is 0.228 e. The Balaban J connectivity index is 2.60. The van der Waals surface area contributed by atoms with Crippen molar-refractivity contribution in [2.24, 2.45) is 0 Å². The number of amides is 1. The van der Waals surface area contributed by atoms with E-state index in [1.165, 1.54) is 0 Å². The third-order valence-electron chi connectivity index (χ3n) is 2.28. The number of aryl methyl sites for hydroxylation is 2. The summed E-state index contributed by atoms with van der Waals surface area (Å²) in [5.41, 5.74) is 0.852. The van der Waals surface area contributed by atoms with Crippen LogP contribution in [-0.2, 0) is 11.2 Å². The predicted molar refractivity (Wildman–Crippen MR) is 64.6 cm³/mol. The number of carbonyl (C=O) groups is 1. The molecule has 0 saturated heterocycles. The Labute approximate surface area is 99.9 Å². The van der Waals surface area contributed by atoms with Crippen molar-refractivity contribution >= 4 is 17.2 Å². The SMILES string of the molecule is Cc1nc(CC(=O)N(C)C[C@@H](C)O)c(C)s1. The van der Waals surface area contributed by atoms with Gasteiger partial charge in [0.15, 0.2) is 0 Å². The Bertz CT molecular complexity index is 374. The zero-order valence-corrected chi connectivity index (χ0v) is 11.0. The van der Waals surface area contributed by atoms with Crippen LogP contribution >= 0.6 is 11.3 Å². The van der Waals surface area contributed by atoms with Gasteiger partial charge in [-0.3, -0.25) is 4.79 Å². The summed E-state index contributed by atoms with van der Waals surface area (Å²) >= 11 is 1.61. The van der Waals surface area contributed by atoms with E-state index in [0.29, 0.717) is 13.0 Å². The van der Waals surface area contributed by atoms with Gasteiger partial charge in [-0.2, -0.15) is 0 Å². The summed E-state index contributed by atoms with van der Waals surface area (Å²) in [4.78, 5) is 18.7. The summed E-state index contributed by atoms with van der Waals surface area (Å²) in [6, 6.07) is 0. The van der Waals surface area contributed by atoms with E-state index in [1.54, 1.807) is 30.2 Å². The average Bonchev–Trinajstić information content (AvgIpc) is 2.43. The Morgan fingerprint density at radius 3 is 2.62 bits per heavy atom. The number of nitrogens with zero attached hydrogens (tertiary/aromatic N) is 2. The number of aliphatic hydroxyl groups excluding tert-OH is 1. The molecule has 90 valence electrons. The summed E-state index contributed by atoms with van der Waals surface area (Å²) in [6.45, 7) is 5.94. The quantitative estimate of drug-likeness (QED) is 0.861. The number of hydrogen-bond donors (Lipinski definition) is 1. The number of aromatic nitrogens is 1. The van der Waals surface area contributed by atoms with Crippen LogP contribution in [-0.4, -0.2) is 40.6 Å². The normalized spacial score (nSPS) is 12.6. The number of rotatable bonds is 4. The number of likely N-dealkylation sites (N-methyl/N-ethyl adjacent to an activating group) is 1. The van der Waals surface area contributed by atoms with E-state index in [2.05, 4.69) is 4.98 Å². The molecule has 0 fully saturated rings. The van der Waals surface area contributed by atoms with Gasteiger partial charge in [0.2, 0.25) is 5.91 Å². The number of thiazole rings is 1. The van der Waals surface area contributed by atoms with Gasteiger partial charge >= 0.3 is 0 Å². The van der Waals surface area contributed by atoms with Gasteiger partial charge in [0.05, 0.1) is 23.2 Å². The van der Waals surface area contributed by atoms with Crippen LogP contribution in [0.1, 0.15) is 22.5 Å². The van der Waals surface area contributed by atoms with Crippen molar-refractivity contribution in [1.82, 2.24) is 9.88 Å². The first-order chi connectivity index (χ1) is 7.40. The summed E-state index contributed by atoms with van der Waals surface area (Å²) in [5, 5.41) is 10.2. The first-order valence-corrected chi connectivity index (χ1v) is 6.06. The molecule has 0 radical (unpaired) electrons. The highest BCUT2D eigenvalue weighted by Crippen LogP contribution is 2.17. The summed E-state index contributed by atoms with van der Waals surface area (Å²) in [6.07, 6.45) is -0.174. The Kier molecular flexibility index (Phi) is 4.44. The number of carbonyl (C=O) groups excluding carboxylic acids is 1. The summed E-state index contributed by atoms with van der Waals surface area (Å²) in [7, 11) is 1.70. The van der Waals surface area contributed by atoms with E-state index in [0.717, 1.165) is 15.6 Å². The summed E-state index contributed by atoms with van der Waals surface area (Å²) in [5.74, 6) is -0.00528. The van der Waals surface area contributed by atoms with E-state index < -0.39 is 6.10 Å². The zero-order valence-electron chi connectivity index (χ0n) is 10.1. The maximum Gasteiger partial charge on any atom is 0.228 e. The largest absolute Gasteiger partial charge is 0.392 e. The molecular weight excluding hydrogens is 224 g/mol. The molecule has 1 rings (SSSR count). The molecule has 0 aliphatic heterocycles. The number of aliphatic hydroxyl groups is 1. The number of hydrogen-bond acceptors (Lipinski definition) is 4. The van der Waals surface area contributed by atoms with Crippen LogP contribution in [0, 0.1) is 13.8 Å². The Morgan fingerprint density at radius 1 is 1.56 bits per heavy atom. The molecule has 16 heavy (non-hydrogen) atoms. The van der Waals surface area contributed by atoms with Crippen LogP contribution in [0.25, 0.3) is 0 Å². The minimum Gasteiger partial charge on any atom is -0.392 e. The molecule has 0 spiro atoms. The molecule has 5 heteroatoms. The zero-order chi connectivity index (χ0) is 12.3. The van der Waals surface area contributed by atoms with Gasteiger partial charge in [-0.05, 0) is 20.8 Å². The maximum absolute atomic E-state index is 11.8. The average molecular weight is 242 g/mol. The van der Waals surface area contributed by atoms with Gasteiger partial charge in [-0.1, -0.05) is 0 Å². The van der Waals surface area contributed by atoms with Crippen molar-refractivity contribution in [3.8, 4) is 0 Å². The van der Waals surface area contributed by atoms with Gasteiger partial charge in [0.25, 0.3) is 0 Å². The fourth-order valence-electron chi connectivity index (χ4n) is 1.51. The van der Waals surface area contributed by atoms with E-state index >= 15 is 0 Å². The van der Waals surface area contributed by atoms with Crippen LogP contribution in [0.15, 0.2) is 0 Å². The van der Waals surface area contributed by atoms with Crippen LogP contribution in [0.3, 0.4) is 0 Å². The molecule has 0 bridgehead atoms. The lowest BCUT2D eigenvalue weighted by molar-refractivity contribution is -0.130. The molecule has 1 N–H and O–H groups in total. The van der Waals surface area contributed by atoms with Gasteiger partial charge in [-0.15, -0.1) is 11.3 Å². The van der Waals surface area contributed by atoms with Crippen molar-refractivity contribution in [3.63, 3.8) is 0 Å². The minimum atomic E-state index is -0.493. The Morgan fingerprint density at radius 2 is 2.19 bits per heavy atom. The third kappa shape index (κ3) is 3.57. The second-order valence-corrected chi connectivity index (χ2v) is 5.44. The Hall–Kier alpha value is -0.940. The van der Waals surface area contributed by atoms with Crippen molar-refractivity contribution in [1.29, 1.82) is 0 Å². The molecule has 1 aromatic rings. The monoisotopic (exact) mass is 242 g/mol. The fraction of sp³-hybridized carbons (Fsp3) is 0.636. The molecule has 0 aliphatic rings. The molecule has 4 nitrogen and oxygen atoms in total. The van der Waals surface area contributed by atoms with Crippen molar-refractivity contribution < 1.29 is 9.90 Å². The van der Waals surface area contributed by atoms with E-state index in [9.17, 15) is 9.90 Å². The van der Waals surface area contributed by atoms with Crippen LogP contribution in [0.2, 0.25) is 0 Å². The molecule has 0 saturated carbocycles. The molecule has 0 aromatic carbocycles. The van der Waals surface area contributed by atoms with Gasteiger partial charge < -0.3 is 10.0 Å². The van der Waals surface area contributed by atoms with E-state index in [4.69, 9.17) is 0 Å². The minimum absolute atomic E-state index is 0.00528. The van der Waals surface area contributed by atoms with Crippen molar-refractivity contribution in [2.75, 3.05) is 13.6 Å². The van der Waals surface area contributed by atoms with Crippen molar-refractivity contribution in [3.05, 3.63) is 15.6 Å². The molecule has 0 aliphatic carbocycles. The standard InChI is InChI=1S/C11H18N2O2S/c1-7(14)6-13(4)11(15)5-10-8(2)16-9(3)12-10/h7,14H,5-6H2,1-4H3/t7-/m1/s1. The maximum atomic E-state index is 11.8. The first kappa shape index (κ1) is 13.1. The van der Waals surface area contributed by atoms with Crippen molar-refractivity contribution in [2.45, 2.75) is 33.3 Å².